The van der Waals surface area contributed by atoms with Gasteiger partial charge in [-0.1, -0.05) is 5.16 Å². The second-order valence-electron chi connectivity index (χ2n) is 6.68. The molecule has 1 aromatic carbocycles. The molecule has 26 heavy (non-hydrogen) atoms. The van der Waals surface area contributed by atoms with Crippen LogP contribution in [-0.4, -0.2) is 35.2 Å². The van der Waals surface area contributed by atoms with Gasteiger partial charge in [0.15, 0.2) is 0 Å². The molecule has 0 spiro atoms. The summed E-state index contributed by atoms with van der Waals surface area (Å²) in [6, 6.07) is 7.40. The van der Waals surface area contributed by atoms with Crippen LogP contribution in [0.4, 0.5) is 0 Å². The number of amides is 1. The maximum absolute atomic E-state index is 12.2. The van der Waals surface area contributed by atoms with E-state index in [1.807, 2.05) is 31.2 Å². The van der Waals surface area contributed by atoms with Crippen molar-refractivity contribution in [2.45, 2.75) is 38.1 Å². The van der Waals surface area contributed by atoms with Crippen LogP contribution in [0.1, 0.15) is 32.1 Å². The van der Waals surface area contributed by atoms with Gasteiger partial charge in [0.2, 0.25) is 17.6 Å². The van der Waals surface area contributed by atoms with Crippen molar-refractivity contribution >= 4 is 18.3 Å². The molecule has 3 N–H and O–H groups in total. The largest absolute Gasteiger partial charge is 0.497 e. The fraction of sp³-hybridized carbons (Fsp3) is 0.500. The van der Waals surface area contributed by atoms with Crippen molar-refractivity contribution in [1.29, 1.82) is 0 Å². The summed E-state index contributed by atoms with van der Waals surface area (Å²) in [6.07, 6.45) is 2.96. The summed E-state index contributed by atoms with van der Waals surface area (Å²) in [5, 5.41) is 7.03. The van der Waals surface area contributed by atoms with Crippen LogP contribution in [0, 0.1) is 5.92 Å². The van der Waals surface area contributed by atoms with Gasteiger partial charge in [-0.3, -0.25) is 4.79 Å². The average Bonchev–Trinajstić information content (AvgIpc) is 3.39. The maximum Gasteiger partial charge on any atom is 0.227 e. The number of ether oxygens (including phenoxy) is 1. The topological polar surface area (TPSA) is 103 Å². The minimum atomic E-state index is -0.305. The first-order chi connectivity index (χ1) is 12.0. The first-order valence-corrected chi connectivity index (χ1v) is 8.52. The molecule has 2 aromatic rings. The molecule has 1 fully saturated rings. The molecule has 1 unspecified atom stereocenters. The number of halogens is 1. The number of hydrogen-bond donors (Lipinski definition) is 2. The number of aryl methyl sites for hydroxylation is 1. The van der Waals surface area contributed by atoms with Crippen molar-refractivity contribution in [2.75, 3.05) is 13.7 Å². The molecular formula is C18H25ClN4O3. The van der Waals surface area contributed by atoms with Crippen molar-refractivity contribution in [3.63, 3.8) is 0 Å². The van der Waals surface area contributed by atoms with E-state index < -0.39 is 0 Å². The Balaban J connectivity index is 0.00000243. The number of rotatable bonds is 8. The standard InChI is InChI=1S/C18H24N4O3.ClH/c1-18(11-19,13-5-6-13)21-15(23)9-10-16-20-17(22-25-16)12-3-7-14(24-2)8-4-12;/h3-4,7-8,13H,5-6,9-11,19H2,1-2H3,(H,21,23);1H. The second kappa shape index (κ2) is 8.51. The van der Waals surface area contributed by atoms with Gasteiger partial charge in [0, 0.05) is 24.9 Å². The van der Waals surface area contributed by atoms with Gasteiger partial charge < -0.3 is 20.3 Å². The molecule has 1 atom stereocenters. The average molecular weight is 381 g/mol. The highest BCUT2D eigenvalue weighted by Gasteiger charge is 2.41. The summed E-state index contributed by atoms with van der Waals surface area (Å²) in [5.74, 6) is 2.17. The summed E-state index contributed by atoms with van der Waals surface area (Å²) in [6.45, 7) is 2.46. The van der Waals surface area contributed by atoms with E-state index in [0.29, 0.717) is 37.0 Å². The summed E-state index contributed by atoms with van der Waals surface area (Å²) >= 11 is 0. The molecule has 8 heteroatoms. The second-order valence-corrected chi connectivity index (χ2v) is 6.68. The molecule has 1 aliphatic rings. The summed E-state index contributed by atoms with van der Waals surface area (Å²) < 4.78 is 10.4. The van der Waals surface area contributed by atoms with Crippen LogP contribution in [0.15, 0.2) is 28.8 Å². The first-order valence-electron chi connectivity index (χ1n) is 8.52. The zero-order chi connectivity index (χ0) is 17.9. The smallest absolute Gasteiger partial charge is 0.227 e. The fourth-order valence-corrected chi connectivity index (χ4v) is 2.86. The number of carbonyl (C=O) groups excluding carboxylic acids is 1. The van der Waals surface area contributed by atoms with E-state index in [-0.39, 0.29) is 23.9 Å². The highest BCUT2D eigenvalue weighted by molar-refractivity contribution is 5.85. The number of nitrogens with two attached hydrogens (primary N) is 1. The predicted molar refractivity (Wildman–Crippen MR) is 100 cm³/mol. The maximum atomic E-state index is 12.2. The van der Waals surface area contributed by atoms with E-state index in [2.05, 4.69) is 15.5 Å². The Hall–Kier alpha value is -2.12. The lowest BCUT2D eigenvalue weighted by Gasteiger charge is -2.29. The molecule has 0 bridgehead atoms. The number of carbonyl (C=O) groups is 1. The lowest BCUT2D eigenvalue weighted by atomic mass is 9.95. The molecule has 1 amide bonds. The quantitative estimate of drug-likeness (QED) is 0.728. The zero-order valence-electron chi connectivity index (χ0n) is 15.0. The molecule has 1 saturated carbocycles. The summed E-state index contributed by atoms with van der Waals surface area (Å²) in [5.41, 5.74) is 6.36. The van der Waals surface area contributed by atoms with Crippen LogP contribution in [0.2, 0.25) is 0 Å². The lowest BCUT2D eigenvalue weighted by Crippen LogP contribution is -2.53. The minimum Gasteiger partial charge on any atom is -0.497 e. The molecule has 1 heterocycles. The number of hydrogen-bond acceptors (Lipinski definition) is 6. The van der Waals surface area contributed by atoms with E-state index in [0.717, 1.165) is 24.2 Å². The Morgan fingerprint density at radius 1 is 1.38 bits per heavy atom. The summed E-state index contributed by atoms with van der Waals surface area (Å²) in [7, 11) is 1.62. The van der Waals surface area contributed by atoms with Crippen LogP contribution in [0.3, 0.4) is 0 Å². The van der Waals surface area contributed by atoms with E-state index in [9.17, 15) is 4.79 Å². The molecule has 3 rings (SSSR count). The zero-order valence-corrected chi connectivity index (χ0v) is 15.8. The number of nitrogens with zero attached hydrogens (tertiary/aromatic N) is 2. The van der Waals surface area contributed by atoms with E-state index in [4.69, 9.17) is 15.0 Å². The van der Waals surface area contributed by atoms with Gasteiger partial charge in [-0.15, -0.1) is 12.4 Å². The Kier molecular flexibility index (Phi) is 6.61. The van der Waals surface area contributed by atoms with Crippen LogP contribution >= 0.6 is 12.4 Å². The SMILES string of the molecule is COc1ccc(-c2noc(CCC(=O)NC(C)(CN)C3CC3)n2)cc1.Cl. The molecular weight excluding hydrogens is 356 g/mol. The normalized spacial score (nSPS) is 15.7. The van der Waals surface area contributed by atoms with Crippen molar-refractivity contribution in [2.24, 2.45) is 11.7 Å². The van der Waals surface area contributed by atoms with E-state index in [1.165, 1.54) is 0 Å². The summed E-state index contributed by atoms with van der Waals surface area (Å²) in [4.78, 5) is 16.5. The number of nitrogens with one attached hydrogen (secondary N) is 1. The Morgan fingerprint density at radius 3 is 2.65 bits per heavy atom. The third-order valence-electron chi connectivity index (χ3n) is 4.71. The molecule has 0 saturated heterocycles. The van der Waals surface area contributed by atoms with Crippen molar-refractivity contribution in [3.05, 3.63) is 30.2 Å². The van der Waals surface area contributed by atoms with E-state index >= 15 is 0 Å². The van der Waals surface area contributed by atoms with Gasteiger partial charge in [-0.2, -0.15) is 4.98 Å². The minimum absolute atomic E-state index is 0. The van der Waals surface area contributed by atoms with Crippen molar-refractivity contribution in [1.82, 2.24) is 15.5 Å². The van der Waals surface area contributed by atoms with E-state index in [1.54, 1.807) is 7.11 Å². The Morgan fingerprint density at radius 2 is 2.08 bits per heavy atom. The van der Waals surface area contributed by atoms with Crippen molar-refractivity contribution < 1.29 is 14.1 Å². The van der Waals surface area contributed by atoms with Gasteiger partial charge in [0.25, 0.3) is 0 Å². The number of benzene rings is 1. The third-order valence-corrected chi connectivity index (χ3v) is 4.71. The predicted octanol–water partition coefficient (Wildman–Crippen LogP) is 2.34. The number of aromatic nitrogens is 2. The van der Waals surface area contributed by atoms with Gasteiger partial charge in [-0.05, 0) is 49.9 Å². The molecule has 7 nitrogen and oxygen atoms in total. The first kappa shape index (κ1) is 20.2. The fourth-order valence-electron chi connectivity index (χ4n) is 2.86. The Bertz CT molecular complexity index is 730. The Labute approximate surface area is 159 Å². The van der Waals surface area contributed by atoms with Gasteiger partial charge >= 0.3 is 0 Å². The highest BCUT2D eigenvalue weighted by atomic mass is 35.5. The molecule has 0 radical (unpaired) electrons. The van der Waals surface area contributed by atoms with Crippen LogP contribution < -0.4 is 15.8 Å². The van der Waals surface area contributed by atoms with Gasteiger partial charge in [0.1, 0.15) is 5.75 Å². The molecule has 0 aliphatic heterocycles. The molecule has 142 valence electrons. The monoisotopic (exact) mass is 380 g/mol. The molecule has 1 aliphatic carbocycles. The lowest BCUT2D eigenvalue weighted by molar-refractivity contribution is -0.123. The number of methoxy groups -OCH3 is 1. The van der Waals surface area contributed by atoms with Crippen LogP contribution in [0.25, 0.3) is 11.4 Å². The molecule has 1 aromatic heterocycles. The van der Waals surface area contributed by atoms with Crippen LogP contribution in [-0.2, 0) is 11.2 Å². The van der Waals surface area contributed by atoms with Gasteiger partial charge in [-0.25, -0.2) is 0 Å². The van der Waals surface area contributed by atoms with Crippen molar-refractivity contribution in [3.8, 4) is 17.1 Å². The highest BCUT2D eigenvalue weighted by Crippen LogP contribution is 2.39. The van der Waals surface area contributed by atoms with Gasteiger partial charge in [0.05, 0.1) is 12.6 Å². The third kappa shape index (κ3) is 4.74. The van der Waals surface area contributed by atoms with Crippen LogP contribution in [0.5, 0.6) is 5.75 Å².